The Hall–Kier alpha value is -2.45. The van der Waals surface area contributed by atoms with E-state index >= 15 is 0 Å². The summed E-state index contributed by atoms with van der Waals surface area (Å²) in [5.74, 6) is -0.0637. The summed E-state index contributed by atoms with van der Waals surface area (Å²) in [5, 5.41) is 0. The molecule has 0 spiro atoms. The predicted octanol–water partition coefficient (Wildman–Crippen LogP) is 3.99. The molecule has 2 aliphatic rings. The van der Waals surface area contributed by atoms with Gasteiger partial charge in [-0.2, -0.15) is 4.31 Å². The van der Waals surface area contributed by atoms with Gasteiger partial charge in [0.05, 0.1) is 12.6 Å². The van der Waals surface area contributed by atoms with Crippen molar-refractivity contribution in [3.8, 4) is 5.75 Å². The first kappa shape index (κ1) is 22.7. The van der Waals surface area contributed by atoms with Crippen molar-refractivity contribution in [1.82, 2.24) is 9.21 Å². The number of sulfonamides is 1. The van der Waals surface area contributed by atoms with Crippen molar-refractivity contribution in [3.05, 3.63) is 59.9 Å². The Kier molecular flexibility index (Phi) is 6.81. The summed E-state index contributed by atoms with van der Waals surface area (Å²) in [5.41, 5.74) is 1.10. The number of carbonyl (C=O) groups is 1. The molecule has 2 fully saturated rings. The zero-order valence-corrected chi connectivity index (χ0v) is 19.1. The Morgan fingerprint density at radius 2 is 1.72 bits per heavy atom. The molecule has 32 heavy (non-hydrogen) atoms. The van der Waals surface area contributed by atoms with Crippen LogP contribution in [0.3, 0.4) is 0 Å². The lowest BCUT2D eigenvalue weighted by atomic mass is 9.95. The average Bonchev–Trinajstić information content (AvgIpc) is 3.29. The molecule has 2 saturated heterocycles. The Bertz CT molecular complexity index is 1050. The first-order chi connectivity index (χ1) is 15.4. The first-order valence-corrected chi connectivity index (χ1v) is 12.6. The van der Waals surface area contributed by atoms with Crippen LogP contribution in [0.5, 0.6) is 5.75 Å². The minimum absolute atomic E-state index is 0.0401. The minimum atomic E-state index is -3.90. The van der Waals surface area contributed by atoms with E-state index in [4.69, 9.17) is 4.74 Å². The molecule has 4 rings (SSSR count). The lowest BCUT2D eigenvalue weighted by molar-refractivity contribution is -0.137. The van der Waals surface area contributed by atoms with Crippen molar-refractivity contribution in [2.45, 2.75) is 43.5 Å². The van der Waals surface area contributed by atoms with Crippen molar-refractivity contribution in [1.29, 1.82) is 0 Å². The van der Waals surface area contributed by atoms with E-state index in [1.807, 2.05) is 36.1 Å². The standard InChI is InChI=1S/C24H29FN2O4S/c1-2-31-20-11-9-18(10-12-20)22-7-5-15-27(22)24(28)19-13-16-26(17-14-19)32(29,30)23-8-4-3-6-21(23)25/h3-4,6,8-12,19,22H,2,5,7,13-17H2,1H3/t22-/m0/s1. The van der Waals surface area contributed by atoms with Crippen LogP contribution in [0.1, 0.15) is 44.2 Å². The molecular formula is C24H29FN2O4S. The molecule has 1 atom stereocenters. The van der Waals surface area contributed by atoms with Gasteiger partial charge < -0.3 is 9.64 Å². The van der Waals surface area contributed by atoms with Crippen LogP contribution in [-0.4, -0.2) is 49.8 Å². The number of likely N-dealkylation sites (tertiary alicyclic amines) is 1. The summed E-state index contributed by atoms with van der Waals surface area (Å²) in [7, 11) is -3.90. The lowest BCUT2D eigenvalue weighted by Gasteiger charge is -2.34. The lowest BCUT2D eigenvalue weighted by Crippen LogP contribution is -2.44. The Morgan fingerprint density at radius 3 is 2.38 bits per heavy atom. The van der Waals surface area contributed by atoms with Crippen LogP contribution in [0.25, 0.3) is 0 Å². The molecule has 172 valence electrons. The molecule has 0 radical (unpaired) electrons. The monoisotopic (exact) mass is 460 g/mol. The molecule has 0 N–H and O–H groups in total. The van der Waals surface area contributed by atoms with E-state index in [0.717, 1.165) is 30.2 Å². The summed E-state index contributed by atoms with van der Waals surface area (Å²) in [6.45, 7) is 3.70. The van der Waals surface area contributed by atoms with Gasteiger partial charge in [-0.3, -0.25) is 4.79 Å². The van der Waals surface area contributed by atoms with E-state index in [1.54, 1.807) is 0 Å². The zero-order chi connectivity index (χ0) is 22.7. The summed E-state index contributed by atoms with van der Waals surface area (Å²) < 4.78 is 46.5. The van der Waals surface area contributed by atoms with E-state index in [-0.39, 0.29) is 35.9 Å². The van der Waals surface area contributed by atoms with Crippen LogP contribution in [-0.2, 0) is 14.8 Å². The highest BCUT2D eigenvalue weighted by Gasteiger charge is 2.38. The van der Waals surface area contributed by atoms with Crippen LogP contribution in [0.15, 0.2) is 53.4 Å². The van der Waals surface area contributed by atoms with Gasteiger partial charge in [-0.15, -0.1) is 0 Å². The number of halogens is 1. The number of amides is 1. The number of hydrogen-bond acceptors (Lipinski definition) is 4. The number of benzene rings is 2. The van der Waals surface area contributed by atoms with Gasteiger partial charge in [-0.25, -0.2) is 12.8 Å². The Morgan fingerprint density at radius 1 is 1.03 bits per heavy atom. The molecule has 0 unspecified atom stereocenters. The fourth-order valence-corrected chi connectivity index (χ4v) is 6.24. The zero-order valence-electron chi connectivity index (χ0n) is 18.2. The third-order valence-corrected chi connectivity index (χ3v) is 8.30. The van der Waals surface area contributed by atoms with E-state index in [9.17, 15) is 17.6 Å². The number of carbonyl (C=O) groups excluding carboxylic acids is 1. The van der Waals surface area contributed by atoms with Crippen molar-refractivity contribution < 1.29 is 22.3 Å². The molecular weight excluding hydrogens is 431 g/mol. The molecule has 8 heteroatoms. The minimum Gasteiger partial charge on any atom is -0.494 e. The van der Waals surface area contributed by atoms with Crippen molar-refractivity contribution in [2.75, 3.05) is 26.2 Å². The fourth-order valence-electron chi connectivity index (χ4n) is 4.70. The third-order valence-electron chi connectivity index (χ3n) is 6.37. The van der Waals surface area contributed by atoms with Gasteiger partial charge >= 0.3 is 0 Å². The normalized spacial score (nSPS) is 20.4. The van der Waals surface area contributed by atoms with Crippen LogP contribution >= 0.6 is 0 Å². The summed E-state index contributed by atoms with van der Waals surface area (Å²) in [6, 6.07) is 13.4. The number of rotatable bonds is 6. The third kappa shape index (κ3) is 4.52. The van der Waals surface area contributed by atoms with Crippen molar-refractivity contribution >= 4 is 15.9 Å². The molecule has 2 aromatic carbocycles. The van der Waals surface area contributed by atoms with Crippen LogP contribution in [0, 0.1) is 11.7 Å². The summed E-state index contributed by atoms with van der Waals surface area (Å²) >= 11 is 0. The predicted molar refractivity (Wildman–Crippen MR) is 119 cm³/mol. The van der Waals surface area contributed by atoms with Gasteiger partial charge in [-0.05, 0) is 62.4 Å². The molecule has 1 amide bonds. The van der Waals surface area contributed by atoms with E-state index in [2.05, 4.69) is 0 Å². The molecule has 0 aromatic heterocycles. The second-order valence-electron chi connectivity index (χ2n) is 8.30. The Labute approximate surface area is 189 Å². The summed E-state index contributed by atoms with van der Waals surface area (Å²) in [6.07, 6.45) is 2.75. The SMILES string of the molecule is CCOc1ccc([C@@H]2CCCN2C(=O)C2CCN(S(=O)(=O)c3ccccc3F)CC2)cc1. The average molecular weight is 461 g/mol. The highest BCUT2D eigenvalue weighted by molar-refractivity contribution is 7.89. The topological polar surface area (TPSA) is 66.9 Å². The van der Waals surface area contributed by atoms with Crippen LogP contribution in [0.4, 0.5) is 4.39 Å². The summed E-state index contributed by atoms with van der Waals surface area (Å²) in [4.78, 5) is 14.9. The van der Waals surface area contributed by atoms with Gasteiger partial charge in [0.25, 0.3) is 0 Å². The Balaban J connectivity index is 1.41. The second-order valence-corrected chi connectivity index (χ2v) is 10.2. The van der Waals surface area contributed by atoms with Crippen molar-refractivity contribution in [3.63, 3.8) is 0 Å². The van der Waals surface area contributed by atoms with Gasteiger partial charge in [0.1, 0.15) is 16.5 Å². The van der Waals surface area contributed by atoms with Crippen LogP contribution < -0.4 is 4.74 Å². The number of nitrogens with zero attached hydrogens (tertiary/aromatic N) is 2. The number of piperidine rings is 1. The van der Waals surface area contributed by atoms with E-state index in [0.29, 0.717) is 26.0 Å². The molecule has 0 bridgehead atoms. The van der Waals surface area contributed by atoms with Gasteiger partial charge in [0.2, 0.25) is 15.9 Å². The first-order valence-electron chi connectivity index (χ1n) is 11.2. The number of ether oxygens (including phenoxy) is 1. The highest BCUT2D eigenvalue weighted by Crippen LogP contribution is 2.36. The molecule has 2 aromatic rings. The van der Waals surface area contributed by atoms with Crippen molar-refractivity contribution in [2.24, 2.45) is 5.92 Å². The molecule has 2 heterocycles. The number of hydrogen-bond donors (Lipinski definition) is 0. The van der Waals surface area contributed by atoms with Gasteiger partial charge in [0.15, 0.2) is 0 Å². The quantitative estimate of drug-likeness (QED) is 0.654. The molecule has 2 aliphatic heterocycles. The van der Waals surface area contributed by atoms with E-state index in [1.165, 1.54) is 22.5 Å². The maximum atomic E-state index is 14.0. The molecule has 0 aliphatic carbocycles. The maximum absolute atomic E-state index is 14.0. The smallest absolute Gasteiger partial charge is 0.245 e. The van der Waals surface area contributed by atoms with Gasteiger partial charge in [0, 0.05) is 25.6 Å². The van der Waals surface area contributed by atoms with Crippen LogP contribution in [0.2, 0.25) is 0 Å². The fraction of sp³-hybridized carbons (Fsp3) is 0.458. The maximum Gasteiger partial charge on any atom is 0.245 e. The second kappa shape index (κ2) is 9.58. The van der Waals surface area contributed by atoms with E-state index < -0.39 is 15.8 Å². The largest absolute Gasteiger partial charge is 0.494 e. The molecule has 0 saturated carbocycles. The molecule has 6 nitrogen and oxygen atoms in total. The van der Waals surface area contributed by atoms with Gasteiger partial charge in [-0.1, -0.05) is 24.3 Å². The highest BCUT2D eigenvalue weighted by atomic mass is 32.2.